The van der Waals surface area contributed by atoms with E-state index in [-0.39, 0.29) is 29.8 Å². The van der Waals surface area contributed by atoms with Gasteiger partial charge in [-0.1, -0.05) is 37.6 Å². The molecule has 0 saturated carbocycles. The van der Waals surface area contributed by atoms with Gasteiger partial charge in [0.2, 0.25) is 0 Å². The average Bonchev–Trinajstić information content (AvgIpc) is 2.46. The van der Waals surface area contributed by atoms with E-state index < -0.39 is 0 Å². The maximum atomic E-state index is 9.97. The van der Waals surface area contributed by atoms with Crippen molar-refractivity contribution in [1.82, 2.24) is 0 Å². The Labute approximate surface area is 126 Å². The summed E-state index contributed by atoms with van der Waals surface area (Å²) in [5, 5.41) is 19.4. The van der Waals surface area contributed by atoms with E-state index in [9.17, 15) is 10.2 Å². The summed E-state index contributed by atoms with van der Waals surface area (Å²) >= 11 is 0. The van der Waals surface area contributed by atoms with E-state index in [0.29, 0.717) is 18.4 Å². The lowest BCUT2D eigenvalue weighted by Gasteiger charge is -2.55. The van der Waals surface area contributed by atoms with Gasteiger partial charge in [0.05, 0.1) is 19.3 Å². The van der Waals surface area contributed by atoms with Crippen molar-refractivity contribution in [2.75, 3.05) is 13.2 Å². The van der Waals surface area contributed by atoms with E-state index in [1.54, 1.807) is 12.1 Å². The number of ether oxygens (including phenoxy) is 1. The molecule has 2 N–H and O–H groups in total. The first-order chi connectivity index (χ1) is 9.99. The van der Waals surface area contributed by atoms with Crippen molar-refractivity contribution < 1.29 is 14.9 Å². The number of aliphatic hydroxyl groups excluding tert-OH is 1. The van der Waals surface area contributed by atoms with Crippen LogP contribution in [0.5, 0.6) is 5.75 Å². The number of fused-ring (bicyclic) bond motifs is 2. The van der Waals surface area contributed by atoms with Crippen molar-refractivity contribution in [3.8, 4) is 5.75 Å². The van der Waals surface area contributed by atoms with Gasteiger partial charge >= 0.3 is 0 Å². The minimum Gasteiger partial charge on any atom is -0.508 e. The van der Waals surface area contributed by atoms with Crippen molar-refractivity contribution in [2.45, 2.75) is 26.9 Å². The van der Waals surface area contributed by atoms with Gasteiger partial charge < -0.3 is 14.9 Å². The monoisotopic (exact) mass is 288 g/mol. The molecule has 3 rings (SSSR count). The molecule has 2 unspecified atom stereocenters. The van der Waals surface area contributed by atoms with E-state index in [1.807, 2.05) is 12.1 Å². The molecule has 114 valence electrons. The molecule has 2 aliphatic rings. The Morgan fingerprint density at radius 1 is 1.24 bits per heavy atom. The van der Waals surface area contributed by atoms with Crippen LogP contribution in [0.4, 0.5) is 0 Å². The molecule has 0 spiro atoms. The van der Waals surface area contributed by atoms with Crippen LogP contribution in [0.15, 0.2) is 35.9 Å². The highest BCUT2D eigenvalue weighted by atomic mass is 16.5. The van der Waals surface area contributed by atoms with Crippen LogP contribution in [0, 0.1) is 23.2 Å². The molecule has 5 atom stereocenters. The molecule has 1 heterocycles. The minimum atomic E-state index is -0.169. The molecule has 3 nitrogen and oxygen atoms in total. The van der Waals surface area contributed by atoms with Gasteiger partial charge in [0, 0.05) is 11.3 Å². The summed E-state index contributed by atoms with van der Waals surface area (Å²) in [5.41, 5.74) is 2.27. The number of benzene rings is 1. The maximum absolute atomic E-state index is 9.97. The van der Waals surface area contributed by atoms with Gasteiger partial charge in [0.1, 0.15) is 5.75 Å². The normalized spacial score (nSPS) is 39.0. The molecule has 1 fully saturated rings. The molecule has 0 radical (unpaired) electrons. The molecule has 0 aromatic heterocycles. The van der Waals surface area contributed by atoms with Gasteiger partial charge in [-0.15, -0.1) is 0 Å². The standard InChI is InChI=1S/C18H24O3/c1-11-8-12(2)18(9-19)10-21-17(16(11)13(18)3)14-4-6-15(20)7-5-14/h4-8,12-13,16-17,19-20H,9-10H2,1-3H3/t12-,13-,16?,17+,18?/m1/s1. The van der Waals surface area contributed by atoms with Gasteiger partial charge in [-0.2, -0.15) is 0 Å². The summed E-state index contributed by atoms with van der Waals surface area (Å²) < 4.78 is 6.19. The summed E-state index contributed by atoms with van der Waals surface area (Å²) in [6.45, 7) is 7.33. The lowest BCUT2D eigenvalue weighted by Crippen LogP contribution is -2.53. The zero-order chi connectivity index (χ0) is 15.2. The van der Waals surface area contributed by atoms with E-state index >= 15 is 0 Å². The van der Waals surface area contributed by atoms with Crippen molar-refractivity contribution in [3.05, 3.63) is 41.5 Å². The van der Waals surface area contributed by atoms with Crippen LogP contribution >= 0.6 is 0 Å². The number of rotatable bonds is 2. The van der Waals surface area contributed by atoms with Crippen molar-refractivity contribution in [1.29, 1.82) is 0 Å². The van der Waals surface area contributed by atoms with Crippen molar-refractivity contribution in [2.24, 2.45) is 23.2 Å². The molecule has 1 aliphatic carbocycles. The Kier molecular flexibility index (Phi) is 3.58. The van der Waals surface area contributed by atoms with Crippen LogP contribution in [-0.2, 0) is 4.74 Å². The summed E-state index contributed by atoms with van der Waals surface area (Å²) in [4.78, 5) is 0. The SMILES string of the molecule is CC1=C[C@@H](C)C2(CO)CO[C@@H](c3ccc(O)cc3)C1[C@H]2C. The van der Waals surface area contributed by atoms with Crippen molar-refractivity contribution in [3.63, 3.8) is 0 Å². The second-order valence-electron chi connectivity index (χ2n) is 6.73. The van der Waals surface area contributed by atoms with E-state index in [1.165, 1.54) is 5.57 Å². The Bertz CT molecular complexity index is 548. The molecular weight excluding hydrogens is 264 g/mol. The highest BCUT2D eigenvalue weighted by molar-refractivity contribution is 5.31. The third-order valence-electron chi connectivity index (χ3n) is 5.76. The predicted molar refractivity (Wildman–Crippen MR) is 81.9 cm³/mol. The first kappa shape index (κ1) is 14.6. The maximum Gasteiger partial charge on any atom is 0.115 e. The third kappa shape index (κ3) is 2.11. The summed E-state index contributed by atoms with van der Waals surface area (Å²) in [6.07, 6.45) is 2.31. The van der Waals surface area contributed by atoms with Crippen LogP contribution in [0.25, 0.3) is 0 Å². The fourth-order valence-corrected chi connectivity index (χ4v) is 4.25. The fourth-order valence-electron chi connectivity index (χ4n) is 4.25. The molecule has 21 heavy (non-hydrogen) atoms. The summed E-state index contributed by atoms with van der Waals surface area (Å²) in [6, 6.07) is 7.29. The smallest absolute Gasteiger partial charge is 0.115 e. The zero-order valence-electron chi connectivity index (χ0n) is 12.9. The molecule has 2 bridgehead atoms. The molecule has 0 amide bonds. The van der Waals surface area contributed by atoms with Gasteiger partial charge in [0.15, 0.2) is 0 Å². The molecular formula is C18H24O3. The van der Waals surface area contributed by atoms with Gasteiger partial charge in [0.25, 0.3) is 0 Å². The molecule has 1 aromatic carbocycles. The summed E-state index contributed by atoms with van der Waals surface area (Å²) in [7, 11) is 0. The first-order valence-corrected chi connectivity index (χ1v) is 7.69. The lowest BCUT2D eigenvalue weighted by atomic mass is 9.56. The highest BCUT2D eigenvalue weighted by Gasteiger charge is 2.53. The number of aromatic hydroxyl groups is 1. The Morgan fingerprint density at radius 3 is 2.52 bits per heavy atom. The second kappa shape index (κ2) is 5.15. The summed E-state index contributed by atoms with van der Waals surface area (Å²) in [5.74, 6) is 1.26. The largest absolute Gasteiger partial charge is 0.508 e. The minimum absolute atomic E-state index is 0.00373. The Balaban J connectivity index is 2.01. The lowest BCUT2D eigenvalue weighted by molar-refractivity contribution is -0.165. The number of phenolic OH excluding ortho intramolecular Hbond substituents is 1. The number of aliphatic hydroxyl groups is 1. The van der Waals surface area contributed by atoms with Crippen LogP contribution < -0.4 is 0 Å². The van der Waals surface area contributed by atoms with Crippen LogP contribution in [0.3, 0.4) is 0 Å². The average molecular weight is 288 g/mol. The quantitative estimate of drug-likeness (QED) is 0.821. The van der Waals surface area contributed by atoms with Crippen LogP contribution in [-0.4, -0.2) is 23.4 Å². The highest BCUT2D eigenvalue weighted by Crippen LogP contribution is 2.55. The molecule has 1 aromatic rings. The Hall–Kier alpha value is -1.32. The van der Waals surface area contributed by atoms with E-state index in [2.05, 4.69) is 26.8 Å². The number of allylic oxidation sites excluding steroid dienone is 1. The fraction of sp³-hybridized carbons (Fsp3) is 0.556. The zero-order valence-corrected chi connectivity index (χ0v) is 12.9. The molecule has 3 heteroatoms. The van der Waals surface area contributed by atoms with Gasteiger partial charge in [-0.3, -0.25) is 0 Å². The van der Waals surface area contributed by atoms with Gasteiger partial charge in [-0.05, 0) is 36.5 Å². The van der Waals surface area contributed by atoms with E-state index in [0.717, 1.165) is 5.56 Å². The first-order valence-electron chi connectivity index (χ1n) is 7.69. The van der Waals surface area contributed by atoms with Crippen LogP contribution in [0.1, 0.15) is 32.4 Å². The topological polar surface area (TPSA) is 49.7 Å². The third-order valence-corrected chi connectivity index (χ3v) is 5.76. The second-order valence-corrected chi connectivity index (χ2v) is 6.73. The number of hydrogen-bond donors (Lipinski definition) is 2. The van der Waals surface area contributed by atoms with Gasteiger partial charge in [-0.25, -0.2) is 0 Å². The Morgan fingerprint density at radius 2 is 1.90 bits per heavy atom. The van der Waals surface area contributed by atoms with E-state index in [4.69, 9.17) is 4.74 Å². The van der Waals surface area contributed by atoms with Crippen molar-refractivity contribution >= 4 is 0 Å². The number of phenols is 1. The van der Waals surface area contributed by atoms with Crippen LogP contribution in [0.2, 0.25) is 0 Å². The number of hydrogen-bond acceptors (Lipinski definition) is 3. The predicted octanol–water partition coefficient (Wildman–Crippen LogP) is 3.29. The molecule has 1 saturated heterocycles. The molecule has 1 aliphatic heterocycles.